The summed E-state index contributed by atoms with van der Waals surface area (Å²) in [6, 6.07) is 4.07. The Kier molecular flexibility index (Phi) is 6.01. The van der Waals surface area contributed by atoms with E-state index in [1.165, 1.54) is 11.4 Å². The van der Waals surface area contributed by atoms with Crippen molar-refractivity contribution >= 4 is 17.2 Å². The summed E-state index contributed by atoms with van der Waals surface area (Å²) in [5.41, 5.74) is 0. The third-order valence-electron chi connectivity index (χ3n) is 3.50. The van der Waals surface area contributed by atoms with E-state index in [9.17, 15) is 4.79 Å². The Bertz CT molecular complexity index is 397. The Morgan fingerprint density at radius 3 is 2.60 bits per heavy atom. The molecule has 1 aliphatic rings. The summed E-state index contributed by atoms with van der Waals surface area (Å²) in [6.45, 7) is 11.0. The Balaban J connectivity index is 1.63. The van der Waals surface area contributed by atoms with Gasteiger partial charge in [-0.15, -0.1) is 11.3 Å². The van der Waals surface area contributed by atoms with Gasteiger partial charge < -0.3 is 10.2 Å². The van der Waals surface area contributed by atoms with E-state index in [-0.39, 0.29) is 5.91 Å². The molecule has 1 amide bonds. The molecule has 0 saturated carbocycles. The van der Waals surface area contributed by atoms with Gasteiger partial charge >= 0.3 is 0 Å². The highest BCUT2D eigenvalue weighted by atomic mass is 32.1. The first-order valence-corrected chi connectivity index (χ1v) is 8.25. The second-order valence-electron chi connectivity index (χ2n) is 5.83. The molecule has 0 radical (unpaired) electrons. The van der Waals surface area contributed by atoms with Crippen LogP contribution in [0.3, 0.4) is 0 Å². The fourth-order valence-electron chi connectivity index (χ4n) is 2.50. The molecule has 2 rings (SSSR count). The number of carbonyl (C=O) groups is 1. The molecule has 1 aliphatic heterocycles. The molecule has 5 heteroatoms. The lowest BCUT2D eigenvalue weighted by atomic mass is 10.2. The highest BCUT2D eigenvalue weighted by Gasteiger charge is 2.19. The van der Waals surface area contributed by atoms with Crippen molar-refractivity contribution in [3.05, 3.63) is 22.4 Å². The number of rotatable bonds is 6. The van der Waals surface area contributed by atoms with Crippen molar-refractivity contribution in [2.75, 3.05) is 39.3 Å². The average molecular weight is 295 g/mol. The molecule has 0 bridgehead atoms. The predicted molar refractivity (Wildman–Crippen MR) is 83.9 cm³/mol. The molecule has 0 aliphatic carbocycles. The van der Waals surface area contributed by atoms with E-state index in [1.807, 2.05) is 11.4 Å². The number of carbonyl (C=O) groups excluding carboxylic acids is 1. The van der Waals surface area contributed by atoms with Crippen LogP contribution < -0.4 is 5.32 Å². The molecule has 20 heavy (non-hydrogen) atoms. The first-order chi connectivity index (χ1) is 9.63. The highest BCUT2D eigenvalue weighted by Crippen LogP contribution is 2.08. The summed E-state index contributed by atoms with van der Waals surface area (Å²) in [5.74, 6) is 0.853. The van der Waals surface area contributed by atoms with Gasteiger partial charge in [-0.05, 0) is 17.4 Å². The average Bonchev–Trinajstić information content (AvgIpc) is 2.91. The molecular formula is C15H25N3OS. The van der Waals surface area contributed by atoms with E-state index >= 15 is 0 Å². The minimum atomic E-state index is 0.135. The number of nitrogens with one attached hydrogen (secondary N) is 1. The fourth-order valence-corrected chi connectivity index (χ4v) is 3.15. The van der Waals surface area contributed by atoms with Gasteiger partial charge in [0.1, 0.15) is 0 Å². The fraction of sp³-hybridized carbons (Fsp3) is 0.667. The van der Waals surface area contributed by atoms with Crippen LogP contribution in [0.4, 0.5) is 0 Å². The van der Waals surface area contributed by atoms with Gasteiger partial charge in [-0.25, -0.2) is 0 Å². The molecule has 0 aromatic carbocycles. The van der Waals surface area contributed by atoms with E-state index in [4.69, 9.17) is 0 Å². The molecule has 4 nitrogen and oxygen atoms in total. The van der Waals surface area contributed by atoms with Crippen molar-refractivity contribution in [1.82, 2.24) is 15.1 Å². The maximum absolute atomic E-state index is 11.9. The van der Waals surface area contributed by atoms with Crippen molar-refractivity contribution in [2.24, 2.45) is 5.92 Å². The van der Waals surface area contributed by atoms with E-state index in [0.29, 0.717) is 13.1 Å². The van der Waals surface area contributed by atoms with Crippen molar-refractivity contribution in [3.8, 4) is 0 Å². The third kappa shape index (κ3) is 5.23. The molecule has 112 valence electrons. The van der Waals surface area contributed by atoms with E-state index < -0.39 is 0 Å². The van der Waals surface area contributed by atoms with Crippen LogP contribution in [0.2, 0.25) is 0 Å². The van der Waals surface area contributed by atoms with Crippen molar-refractivity contribution < 1.29 is 4.79 Å². The molecule has 1 aromatic heterocycles. The van der Waals surface area contributed by atoms with Crippen LogP contribution in [-0.2, 0) is 11.3 Å². The second-order valence-corrected chi connectivity index (χ2v) is 6.86. The quantitative estimate of drug-likeness (QED) is 0.866. The van der Waals surface area contributed by atoms with Crippen LogP contribution in [0.1, 0.15) is 18.7 Å². The molecule has 1 N–H and O–H groups in total. The molecular weight excluding hydrogens is 270 g/mol. The zero-order valence-electron chi connectivity index (χ0n) is 12.5. The number of nitrogens with zero attached hydrogens (tertiary/aromatic N) is 2. The van der Waals surface area contributed by atoms with Gasteiger partial charge in [0.15, 0.2) is 0 Å². The Morgan fingerprint density at radius 2 is 2.00 bits per heavy atom. The summed E-state index contributed by atoms with van der Waals surface area (Å²) in [5, 5.41) is 5.03. The second kappa shape index (κ2) is 7.76. The molecule has 1 aromatic rings. The molecule has 0 unspecified atom stereocenters. The number of amides is 1. The zero-order valence-corrected chi connectivity index (χ0v) is 13.3. The van der Waals surface area contributed by atoms with Crippen LogP contribution in [0, 0.1) is 5.92 Å². The Hall–Kier alpha value is -0.910. The first-order valence-electron chi connectivity index (χ1n) is 7.37. The first kappa shape index (κ1) is 15.5. The third-order valence-corrected chi connectivity index (χ3v) is 4.37. The van der Waals surface area contributed by atoms with Crippen LogP contribution in [0.25, 0.3) is 0 Å². The van der Waals surface area contributed by atoms with Crippen LogP contribution in [-0.4, -0.2) is 55.0 Å². The lowest BCUT2D eigenvalue weighted by Gasteiger charge is -2.35. The van der Waals surface area contributed by atoms with Gasteiger partial charge in [-0.1, -0.05) is 19.9 Å². The van der Waals surface area contributed by atoms with Crippen LogP contribution in [0.15, 0.2) is 17.5 Å². The smallest absolute Gasteiger partial charge is 0.234 e. The van der Waals surface area contributed by atoms with Gasteiger partial charge in [0, 0.05) is 37.6 Å². The number of hydrogen-bond donors (Lipinski definition) is 1. The summed E-state index contributed by atoms with van der Waals surface area (Å²) in [6.07, 6.45) is 0. The van der Waals surface area contributed by atoms with Gasteiger partial charge in [0.2, 0.25) is 5.91 Å². The molecule has 1 fully saturated rings. The molecule has 1 saturated heterocycles. The minimum Gasteiger partial charge on any atom is -0.350 e. The van der Waals surface area contributed by atoms with Gasteiger partial charge in [-0.2, -0.15) is 0 Å². The topological polar surface area (TPSA) is 35.6 Å². The van der Waals surface area contributed by atoms with Crippen molar-refractivity contribution in [3.63, 3.8) is 0 Å². The Morgan fingerprint density at radius 1 is 1.30 bits per heavy atom. The normalized spacial score (nSPS) is 17.6. The maximum Gasteiger partial charge on any atom is 0.234 e. The van der Waals surface area contributed by atoms with Crippen LogP contribution >= 0.6 is 11.3 Å². The minimum absolute atomic E-state index is 0.135. The highest BCUT2D eigenvalue weighted by molar-refractivity contribution is 7.09. The van der Waals surface area contributed by atoms with Crippen molar-refractivity contribution in [1.29, 1.82) is 0 Å². The molecule has 0 atom stereocenters. The lowest BCUT2D eigenvalue weighted by Crippen LogP contribution is -2.50. The Labute approximate surface area is 125 Å². The number of piperazine rings is 1. The largest absolute Gasteiger partial charge is 0.350 e. The standard InChI is InChI=1S/C15H25N3OS/c1-13(2)11-17-5-7-18(8-6-17)12-15(19)16-10-14-4-3-9-20-14/h3-4,9,13H,5-8,10-12H2,1-2H3,(H,16,19). The van der Waals surface area contributed by atoms with E-state index in [2.05, 4.69) is 35.0 Å². The summed E-state index contributed by atoms with van der Waals surface area (Å²) < 4.78 is 0. The molecule has 0 spiro atoms. The van der Waals surface area contributed by atoms with Crippen LogP contribution in [0.5, 0.6) is 0 Å². The number of thiophene rings is 1. The van der Waals surface area contributed by atoms with Crippen molar-refractivity contribution in [2.45, 2.75) is 20.4 Å². The molecule has 2 heterocycles. The number of hydrogen-bond acceptors (Lipinski definition) is 4. The summed E-state index contributed by atoms with van der Waals surface area (Å²) in [4.78, 5) is 17.9. The maximum atomic E-state index is 11.9. The summed E-state index contributed by atoms with van der Waals surface area (Å²) >= 11 is 1.68. The monoisotopic (exact) mass is 295 g/mol. The summed E-state index contributed by atoms with van der Waals surface area (Å²) in [7, 11) is 0. The van der Waals surface area contributed by atoms with Gasteiger partial charge in [-0.3, -0.25) is 9.69 Å². The van der Waals surface area contributed by atoms with E-state index in [1.54, 1.807) is 11.3 Å². The lowest BCUT2D eigenvalue weighted by molar-refractivity contribution is -0.122. The van der Waals surface area contributed by atoms with Gasteiger partial charge in [0.05, 0.1) is 13.1 Å². The van der Waals surface area contributed by atoms with E-state index in [0.717, 1.165) is 32.1 Å². The van der Waals surface area contributed by atoms with Gasteiger partial charge in [0.25, 0.3) is 0 Å². The predicted octanol–water partition coefficient (Wildman–Crippen LogP) is 1.64. The zero-order chi connectivity index (χ0) is 14.4. The SMILES string of the molecule is CC(C)CN1CCN(CC(=O)NCc2cccs2)CC1.